The normalized spacial score (nSPS) is 17.2. The highest BCUT2D eigenvalue weighted by Crippen LogP contribution is 2.25. The molecule has 0 aromatic heterocycles. The summed E-state index contributed by atoms with van der Waals surface area (Å²) in [4.78, 5) is 40.2. The Labute approximate surface area is 182 Å². The van der Waals surface area contributed by atoms with Gasteiger partial charge in [-0.3, -0.25) is 14.5 Å². The van der Waals surface area contributed by atoms with Crippen LogP contribution in [0.1, 0.15) is 28.8 Å². The number of carbonyl (C=O) groups excluding carboxylic acids is 2. The Morgan fingerprint density at radius 1 is 1.13 bits per heavy atom. The fourth-order valence-electron chi connectivity index (χ4n) is 3.93. The van der Waals surface area contributed by atoms with Crippen LogP contribution in [0, 0.1) is 0 Å². The number of nitrogens with one attached hydrogen (secondary N) is 1. The number of carboxylic acids is 1. The lowest BCUT2D eigenvalue weighted by atomic mass is 9.96. The number of amides is 2. The maximum Gasteiger partial charge on any atom is 0.326 e. The Kier molecular flexibility index (Phi) is 7.07. The summed E-state index contributed by atoms with van der Waals surface area (Å²) >= 11 is 0. The van der Waals surface area contributed by atoms with Gasteiger partial charge in [0.2, 0.25) is 5.91 Å². The highest BCUT2D eigenvalue weighted by Gasteiger charge is 2.31. The van der Waals surface area contributed by atoms with Crippen LogP contribution in [0.4, 0.5) is 0 Å². The van der Waals surface area contributed by atoms with Crippen molar-refractivity contribution in [1.82, 2.24) is 15.1 Å². The molecule has 0 spiro atoms. The van der Waals surface area contributed by atoms with Crippen molar-refractivity contribution < 1.29 is 19.5 Å². The summed E-state index contributed by atoms with van der Waals surface area (Å²) in [5.41, 5.74) is 3.10. The van der Waals surface area contributed by atoms with Crippen LogP contribution in [0.15, 0.2) is 48.5 Å². The second-order valence-corrected chi connectivity index (χ2v) is 8.18. The van der Waals surface area contributed by atoms with Gasteiger partial charge < -0.3 is 15.3 Å². The molecule has 164 valence electrons. The number of carboxylic acid groups (broad SMARTS) is 1. The number of aliphatic carboxylic acids is 1. The number of likely N-dealkylation sites (tertiary alicyclic amines) is 1. The predicted octanol–water partition coefficient (Wildman–Crippen LogP) is 2.26. The summed E-state index contributed by atoms with van der Waals surface area (Å²) in [6.45, 7) is 0.842. The first-order valence-electron chi connectivity index (χ1n) is 10.4. The number of benzene rings is 2. The van der Waals surface area contributed by atoms with Gasteiger partial charge in [-0.15, -0.1) is 0 Å². The zero-order valence-corrected chi connectivity index (χ0v) is 18.2. The average Bonchev–Trinajstić information content (AvgIpc) is 3.19. The summed E-state index contributed by atoms with van der Waals surface area (Å²) in [6, 6.07) is 13.6. The molecule has 7 heteroatoms. The van der Waals surface area contributed by atoms with Crippen molar-refractivity contribution in [3.05, 3.63) is 59.7 Å². The van der Waals surface area contributed by atoms with Crippen LogP contribution in [0.5, 0.6) is 0 Å². The second kappa shape index (κ2) is 9.75. The first-order chi connectivity index (χ1) is 14.8. The molecule has 0 radical (unpaired) electrons. The zero-order chi connectivity index (χ0) is 22.5. The van der Waals surface area contributed by atoms with Crippen LogP contribution in [-0.2, 0) is 16.0 Å². The van der Waals surface area contributed by atoms with Gasteiger partial charge in [0.25, 0.3) is 5.91 Å². The SMILES string of the molecule is CN(C)C(=O)c1ccccc1-c1ccc(C[C@H](NC(=O)[C@@H]2CCCN2C)C(=O)O)cc1. The van der Waals surface area contributed by atoms with Crippen molar-refractivity contribution in [3.8, 4) is 11.1 Å². The summed E-state index contributed by atoms with van der Waals surface area (Å²) in [6.07, 6.45) is 1.87. The molecule has 1 heterocycles. The van der Waals surface area contributed by atoms with Gasteiger partial charge in [-0.05, 0) is 49.2 Å². The highest BCUT2D eigenvalue weighted by molar-refractivity contribution is 6.00. The molecule has 2 amide bonds. The smallest absolute Gasteiger partial charge is 0.326 e. The van der Waals surface area contributed by atoms with Gasteiger partial charge in [0.15, 0.2) is 0 Å². The molecule has 0 unspecified atom stereocenters. The number of rotatable bonds is 7. The number of hydrogen-bond acceptors (Lipinski definition) is 4. The van der Waals surface area contributed by atoms with Crippen molar-refractivity contribution in [1.29, 1.82) is 0 Å². The lowest BCUT2D eigenvalue weighted by molar-refractivity contribution is -0.142. The number of hydrogen-bond donors (Lipinski definition) is 2. The molecule has 2 N–H and O–H groups in total. The second-order valence-electron chi connectivity index (χ2n) is 8.18. The summed E-state index contributed by atoms with van der Waals surface area (Å²) < 4.78 is 0. The molecular formula is C24H29N3O4. The van der Waals surface area contributed by atoms with Crippen LogP contribution < -0.4 is 5.32 Å². The van der Waals surface area contributed by atoms with E-state index in [1.807, 2.05) is 54.4 Å². The van der Waals surface area contributed by atoms with E-state index in [-0.39, 0.29) is 24.3 Å². The van der Waals surface area contributed by atoms with Gasteiger partial charge in [0.1, 0.15) is 6.04 Å². The Balaban J connectivity index is 1.74. The topological polar surface area (TPSA) is 90.0 Å². The maximum absolute atomic E-state index is 12.5. The monoisotopic (exact) mass is 423 g/mol. The van der Waals surface area contributed by atoms with Crippen LogP contribution >= 0.6 is 0 Å². The number of nitrogens with zero attached hydrogens (tertiary/aromatic N) is 2. The molecule has 1 aliphatic rings. The fraction of sp³-hybridized carbons (Fsp3) is 0.375. The molecule has 0 bridgehead atoms. The molecule has 2 aromatic rings. The molecule has 7 nitrogen and oxygen atoms in total. The molecule has 2 aromatic carbocycles. The van der Waals surface area contributed by atoms with Gasteiger partial charge in [0, 0.05) is 26.1 Å². The van der Waals surface area contributed by atoms with E-state index in [1.165, 1.54) is 4.90 Å². The van der Waals surface area contributed by atoms with Gasteiger partial charge >= 0.3 is 5.97 Å². The standard InChI is InChI=1S/C24H29N3O4/c1-26(2)23(29)19-8-5-4-7-18(19)17-12-10-16(11-13-17)15-20(24(30)31)25-22(28)21-9-6-14-27(21)3/h4-5,7-8,10-13,20-21H,6,9,14-15H2,1-3H3,(H,25,28)(H,30,31)/t20-,21-/m0/s1. The van der Waals surface area contributed by atoms with Crippen LogP contribution in [0.2, 0.25) is 0 Å². The first kappa shape index (κ1) is 22.5. The Morgan fingerprint density at radius 2 is 1.81 bits per heavy atom. The van der Waals surface area contributed by atoms with E-state index in [1.54, 1.807) is 20.2 Å². The minimum atomic E-state index is -1.06. The van der Waals surface area contributed by atoms with Crippen LogP contribution in [0.25, 0.3) is 11.1 Å². The molecule has 2 atom stereocenters. The quantitative estimate of drug-likeness (QED) is 0.713. The van der Waals surface area contributed by atoms with E-state index in [4.69, 9.17) is 0 Å². The summed E-state index contributed by atoms with van der Waals surface area (Å²) in [5, 5.41) is 12.3. The van der Waals surface area contributed by atoms with Crippen LogP contribution in [-0.4, -0.2) is 72.5 Å². The van der Waals surface area contributed by atoms with Crippen LogP contribution in [0.3, 0.4) is 0 Å². The van der Waals surface area contributed by atoms with Gasteiger partial charge in [-0.1, -0.05) is 42.5 Å². The van der Waals surface area contributed by atoms with E-state index in [0.717, 1.165) is 36.1 Å². The minimum Gasteiger partial charge on any atom is -0.480 e. The molecule has 0 saturated carbocycles. The molecule has 31 heavy (non-hydrogen) atoms. The lowest BCUT2D eigenvalue weighted by Crippen LogP contribution is -2.49. The fourth-order valence-corrected chi connectivity index (χ4v) is 3.93. The molecule has 1 fully saturated rings. The van der Waals surface area contributed by atoms with E-state index in [0.29, 0.717) is 5.56 Å². The molecule has 3 rings (SSSR count). The van der Waals surface area contributed by atoms with E-state index in [9.17, 15) is 19.5 Å². The van der Waals surface area contributed by atoms with E-state index < -0.39 is 12.0 Å². The van der Waals surface area contributed by atoms with Gasteiger partial charge in [-0.25, -0.2) is 4.79 Å². The predicted molar refractivity (Wildman–Crippen MR) is 119 cm³/mol. The Bertz CT molecular complexity index is 956. The van der Waals surface area contributed by atoms with E-state index >= 15 is 0 Å². The van der Waals surface area contributed by atoms with Crippen molar-refractivity contribution in [2.45, 2.75) is 31.3 Å². The summed E-state index contributed by atoms with van der Waals surface area (Å²) in [5.74, 6) is -1.37. The molecular weight excluding hydrogens is 394 g/mol. The van der Waals surface area contributed by atoms with Gasteiger partial charge in [0.05, 0.1) is 6.04 Å². The third kappa shape index (κ3) is 5.30. The minimum absolute atomic E-state index is 0.0785. The largest absolute Gasteiger partial charge is 0.480 e. The zero-order valence-electron chi connectivity index (χ0n) is 18.2. The van der Waals surface area contributed by atoms with Crippen molar-refractivity contribution >= 4 is 17.8 Å². The summed E-state index contributed by atoms with van der Waals surface area (Å²) in [7, 11) is 5.31. The third-order valence-corrected chi connectivity index (χ3v) is 5.71. The molecule has 1 saturated heterocycles. The third-order valence-electron chi connectivity index (χ3n) is 5.71. The van der Waals surface area contributed by atoms with Gasteiger partial charge in [-0.2, -0.15) is 0 Å². The molecule has 0 aliphatic carbocycles. The highest BCUT2D eigenvalue weighted by atomic mass is 16.4. The maximum atomic E-state index is 12.5. The Hall–Kier alpha value is -3.19. The first-order valence-corrected chi connectivity index (χ1v) is 10.4. The number of likely N-dealkylation sites (N-methyl/N-ethyl adjacent to an activating group) is 1. The molecule has 1 aliphatic heterocycles. The Morgan fingerprint density at radius 3 is 2.39 bits per heavy atom. The van der Waals surface area contributed by atoms with Crippen molar-refractivity contribution in [2.24, 2.45) is 0 Å². The average molecular weight is 424 g/mol. The van der Waals surface area contributed by atoms with E-state index in [2.05, 4.69) is 5.32 Å². The number of carbonyl (C=O) groups is 3. The lowest BCUT2D eigenvalue weighted by Gasteiger charge is -2.22. The van der Waals surface area contributed by atoms with Crippen molar-refractivity contribution in [3.63, 3.8) is 0 Å². The van der Waals surface area contributed by atoms with Crippen molar-refractivity contribution in [2.75, 3.05) is 27.7 Å².